The quantitative estimate of drug-likeness (QED) is 0.381. The van der Waals surface area contributed by atoms with Gasteiger partial charge in [0.05, 0.1) is 0 Å². The molecule has 142 valence electrons. The van der Waals surface area contributed by atoms with Crippen LogP contribution in [-0.4, -0.2) is 15.2 Å². The highest BCUT2D eigenvalue weighted by Crippen LogP contribution is 2.27. The Morgan fingerprint density at radius 2 is 1.82 bits per heavy atom. The van der Waals surface area contributed by atoms with Crippen LogP contribution in [0.3, 0.4) is 0 Å². The maximum absolute atomic E-state index is 11.9. The number of aromatic nitrogens is 3. The molecule has 0 saturated heterocycles. The van der Waals surface area contributed by atoms with Gasteiger partial charge in [0.2, 0.25) is 5.16 Å². The topological polar surface area (TPSA) is 71.8 Å². The number of benzene rings is 2. The maximum Gasteiger partial charge on any atom is 0.336 e. The maximum atomic E-state index is 11.9. The van der Waals surface area contributed by atoms with E-state index in [0.29, 0.717) is 16.5 Å². The summed E-state index contributed by atoms with van der Waals surface area (Å²) in [6.45, 7) is 6.20. The molecular formula is C22H21N3O2S. The van der Waals surface area contributed by atoms with E-state index in [1.165, 1.54) is 22.9 Å². The van der Waals surface area contributed by atoms with Crippen LogP contribution in [0.5, 0.6) is 0 Å². The third-order valence-corrected chi connectivity index (χ3v) is 5.80. The predicted octanol–water partition coefficient (Wildman–Crippen LogP) is 5.05. The van der Waals surface area contributed by atoms with Gasteiger partial charge >= 0.3 is 5.63 Å². The molecule has 0 fully saturated rings. The van der Waals surface area contributed by atoms with Crippen LogP contribution in [0.1, 0.15) is 29.2 Å². The molecular weight excluding hydrogens is 370 g/mol. The van der Waals surface area contributed by atoms with E-state index in [4.69, 9.17) is 4.42 Å². The lowest BCUT2D eigenvalue weighted by molar-refractivity contribution is 0.559. The Kier molecular flexibility index (Phi) is 5.05. The average Bonchev–Trinajstić information content (AvgIpc) is 3.16. The van der Waals surface area contributed by atoms with E-state index in [-0.39, 0.29) is 5.63 Å². The molecule has 1 N–H and O–H groups in total. The molecule has 0 radical (unpaired) electrons. The minimum absolute atomic E-state index is 0.335. The van der Waals surface area contributed by atoms with Crippen molar-refractivity contribution in [3.8, 4) is 11.4 Å². The second-order valence-corrected chi connectivity index (χ2v) is 7.77. The van der Waals surface area contributed by atoms with Crippen molar-refractivity contribution in [2.45, 2.75) is 38.1 Å². The minimum Gasteiger partial charge on any atom is -0.423 e. The van der Waals surface area contributed by atoms with E-state index in [9.17, 15) is 4.79 Å². The lowest BCUT2D eigenvalue weighted by Gasteiger charge is -2.07. The Bertz CT molecular complexity index is 1190. The van der Waals surface area contributed by atoms with Crippen molar-refractivity contribution in [3.05, 3.63) is 75.1 Å². The van der Waals surface area contributed by atoms with E-state index in [0.717, 1.165) is 34.3 Å². The van der Waals surface area contributed by atoms with Crippen LogP contribution in [0.15, 0.2) is 56.8 Å². The lowest BCUT2D eigenvalue weighted by Crippen LogP contribution is -2.00. The Balaban J connectivity index is 1.57. The summed E-state index contributed by atoms with van der Waals surface area (Å²) in [6.07, 6.45) is 1.01. The highest BCUT2D eigenvalue weighted by atomic mass is 32.2. The zero-order valence-electron chi connectivity index (χ0n) is 16.1. The van der Waals surface area contributed by atoms with Crippen LogP contribution in [0, 0.1) is 13.8 Å². The molecule has 28 heavy (non-hydrogen) atoms. The molecule has 0 aliphatic carbocycles. The van der Waals surface area contributed by atoms with E-state index < -0.39 is 0 Å². The van der Waals surface area contributed by atoms with Crippen LogP contribution in [0.4, 0.5) is 0 Å². The predicted molar refractivity (Wildman–Crippen MR) is 113 cm³/mol. The van der Waals surface area contributed by atoms with E-state index in [2.05, 4.69) is 59.4 Å². The van der Waals surface area contributed by atoms with Gasteiger partial charge in [-0.15, -0.1) is 5.10 Å². The molecule has 6 heteroatoms. The number of hydrogen-bond donors (Lipinski definition) is 1. The number of nitrogens with one attached hydrogen (secondary N) is 1. The Labute approximate surface area is 167 Å². The third-order valence-electron chi connectivity index (χ3n) is 4.90. The van der Waals surface area contributed by atoms with E-state index in [1.54, 1.807) is 6.07 Å². The van der Waals surface area contributed by atoms with Gasteiger partial charge in [0.1, 0.15) is 5.58 Å². The summed E-state index contributed by atoms with van der Waals surface area (Å²) < 4.78 is 5.37. The fourth-order valence-electron chi connectivity index (χ4n) is 3.08. The summed E-state index contributed by atoms with van der Waals surface area (Å²) in [5.41, 5.74) is 5.79. The molecule has 4 aromatic rings. The monoisotopic (exact) mass is 391 g/mol. The van der Waals surface area contributed by atoms with Crippen LogP contribution in [0.2, 0.25) is 0 Å². The first kappa shape index (κ1) is 18.5. The largest absolute Gasteiger partial charge is 0.423 e. The summed E-state index contributed by atoms with van der Waals surface area (Å²) in [4.78, 5) is 16.5. The van der Waals surface area contributed by atoms with Crippen molar-refractivity contribution in [2.24, 2.45) is 0 Å². The van der Waals surface area contributed by atoms with Crippen molar-refractivity contribution < 1.29 is 4.42 Å². The third kappa shape index (κ3) is 3.73. The molecule has 0 atom stereocenters. The summed E-state index contributed by atoms with van der Waals surface area (Å²) >= 11 is 1.50. The number of hydrogen-bond acceptors (Lipinski definition) is 5. The molecule has 0 aliphatic heterocycles. The number of rotatable bonds is 5. The molecule has 2 aromatic heterocycles. The van der Waals surface area contributed by atoms with Crippen molar-refractivity contribution in [3.63, 3.8) is 0 Å². The molecule has 0 bridgehead atoms. The molecule has 0 amide bonds. The SMILES string of the molecule is CCc1ccc(-c2nc(SCc3cc(=O)oc4cc(C)c(C)cc34)n[nH]2)cc1. The van der Waals surface area contributed by atoms with Gasteiger partial charge in [0.15, 0.2) is 5.82 Å². The fraction of sp³-hybridized carbons (Fsp3) is 0.227. The summed E-state index contributed by atoms with van der Waals surface area (Å²) in [5, 5.41) is 8.92. The number of nitrogens with zero attached hydrogens (tertiary/aromatic N) is 2. The zero-order valence-corrected chi connectivity index (χ0v) is 16.9. The van der Waals surface area contributed by atoms with Gasteiger partial charge in [-0.05, 0) is 54.7 Å². The van der Waals surface area contributed by atoms with Crippen LogP contribution in [0.25, 0.3) is 22.4 Å². The summed E-state index contributed by atoms with van der Waals surface area (Å²) in [5.74, 6) is 1.34. The van der Waals surface area contributed by atoms with Gasteiger partial charge in [0, 0.05) is 22.8 Å². The van der Waals surface area contributed by atoms with Gasteiger partial charge in [-0.25, -0.2) is 9.78 Å². The number of aryl methyl sites for hydroxylation is 3. The molecule has 0 spiro atoms. The second kappa shape index (κ2) is 7.64. The smallest absolute Gasteiger partial charge is 0.336 e. The Hall–Kier alpha value is -2.86. The van der Waals surface area contributed by atoms with Crippen molar-refractivity contribution in [1.82, 2.24) is 15.2 Å². The first-order valence-electron chi connectivity index (χ1n) is 9.22. The standard InChI is InChI=1S/C22H21N3O2S/c1-4-15-5-7-16(8-6-15)21-23-22(25-24-21)28-12-17-11-20(26)27-19-10-14(3)13(2)9-18(17)19/h5-11H,4,12H2,1-3H3,(H,23,24,25). The highest BCUT2D eigenvalue weighted by molar-refractivity contribution is 7.98. The molecule has 0 unspecified atom stereocenters. The Morgan fingerprint density at radius 1 is 1.07 bits per heavy atom. The normalized spacial score (nSPS) is 11.2. The number of aromatic amines is 1. The number of fused-ring (bicyclic) bond motifs is 1. The van der Waals surface area contributed by atoms with Gasteiger partial charge in [-0.3, -0.25) is 5.10 Å². The first-order valence-corrected chi connectivity index (χ1v) is 10.2. The second-order valence-electron chi connectivity index (χ2n) is 6.83. The molecule has 4 rings (SSSR count). The van der Waals surface area contributed by atoms with Gasteiger partial charge in [0.25, 0.3) is 0 Å². The minimum atomic E-state index is -0.335. The van der Waals surface area contributed by atoms with E-state index >= 15 is 0 Å². The van der Waals surface area contributed by atoms with Crippen LogP contribution in [-0.2, 0) is 12.2 Å². The highest BCUT2D eigenvalue weighted by Gasteiger charge is 2.11. The van der Waals surface area contributed by atoms with Crippen LogP contribution >= 0.6 is 11.8 Å². The van der Waals surface area contributed by atoms with Crippen molar-refractivity contribution in [1.29, 1.82) is 0 Å². The van der Waals surface area contributed by atoms with Gasteiger partial charge in [-0.2, -0.15) is 0 Å². The van der Waals surface area contributed by atoms with E-state index in [1.807, 2.05) is 13.0 Å². The van der Waals surface area contributed by atoms with Gasteiger partial charge < -0.3 is 4.42 Å². The van der Waals surface area contributed by atoms with Crippen molar-refractivity contribution >= 4 is 22.7 Å². The Morgan fingerprint density at radius 3 is 2.57 bits per heavy atom. The zero-order chi connectivity index (χ0) is 19.7. The number of H-pyrrole nitrogens is 1. The molecule has 5 nitrogen and oxygen atoms in total. The van der Waals surface area contributed by atoms with Crippen molar-refractivity contribution in [2.75, 3.05) is 0 Å². The summed E-state index contributed by atoms with van der Waals surface area (Å²) in [7, 11) is 0. The first-order chi connectivity index (χ1) is 13.5. The molecule has 0 saturated carbocycles. The molecule has 0 aliphatic rings. The molecule has 2 heterocycles. The summed E-state index contributed by atoms with van der Waals surface area (Å²) in [6, 6.07) is 13.9. The number of thioether (sulfide) groups is 1. The molecule has 2 aromatic carbocycles. The lowest BCUT2D eigenvalue weighted by atomic mass is 10.0. The van der Waals surface area contributed by atoms with Gasteiger partial charge in [-0.1, -0.05) is 43.0 Å². The average molecular weight is 391 g/mol. The van der Waals surface area contributed by atoms with Crippen LogP contribution < -0.4 is 5.63 Å². The fourth-order valence-corrected chi connectivity index (χ4v) is 3.87.